The Labute approximate surface area is 259 Å². The predicted molar refractivity (Wildman–Crippen MR) is 158 cm³/mol. The molecular formula is C31H38F3N5O6. The Morgan fingerprint density at radius 1 is 0.956 bits per heavy atom. The Hall–Kier alpha value is -4.01. The number of anilines is 1. The Bertz CT molecular complexity index is 1330. The number of esters is 2. The third kappa shape index (κ3) is 9.74. The fourth-order valence-corrected chi connectivity index (χ4v) is 5.25. The topological polar surface area (TPSA) is 135 Å². The quantitative estimate of drug-likeness (QED) is 0.315. The molecule has 0 atom stereocenters. The van der Waals surface area contributed by atoms with Crippen molar-refractivity contribution >= 4 is 29.6 Å². The molecule has 0 radical (unpaired) electrons. The van der Waals surface area contributed by atoms with Crippen LogP contribution in [-0.4, -0.2) is 103 Å². The maximum absolute atomic E-state index is 13.0. The number of halogens is 3. The fraction of sp³-hybridized carbons (Fsp3) is 0.484. The van der Waals surface area contributed by atoms with Crippen LogP contribution in [0.3, 0.4) is 0 Å². The summed E-state index contributed by atoms with van der Waals surface area (Å²) in [6.45, 7) is 3.87. The molecule has 2 aliphatic rings. The van der Waals surface area contributed by atoms with E-state index in [2.05, 4.69) is 15.0 Å². The number of para-hydroxylation sites is 1. The molecule has 11 nitrogen and oxygen atoms in total. The van der Waals surface area contributed by atoms with Gasteiger partial charge in [-0.2, -0.15) is 13.2 Å². The van der Waals surface area contributed by atoms with Crippen LogP contribution >= 0.6 is 0 Å². The van der Waals surface area contributed by atoms with Gasteiger partial charge in [-0.1, -0.05) is 30.3 Å². The third-order valence-electron chi connectivity index (χ3n) is 8.11. The van der Waals surface area contributed by atoms with Crippen LogP contribution in [0.15, 0.2) is 54.6 Å². The van der Waals surface area contributed by atoms with E-state index in [1.54, 1.807) is 36.2 Å². The summed E-state index contributed by atoms with van der Waals surface area (Å²) in [6.07, 6.45) is -4.39. The van der Waals surface area contributed by atoms with Gasteiger partial charge in [-0.05, 0) is 55.5 Å². The average Bonchev–Trinajstić information content (AvgIpc) is 3.01. The number of likely N-dealkylation sites (N-methyl/N-ethyl adjacent to an activating group) is 1. The second kappa shape index (κ2) is 14.8. The molecule has 0 aliphatic carbocycles. The minimum atomic E-state index is -5.27. The minimum absolute atomic E-state index is 0.0343. The van der Waals surface area contributed by atoms with Gasteiger partial charge in [0.1, 0.15) is 11.6 Å². The molecule has 2 fully saturated rings. The highest BCUT2D eigenvalue weighted by Gasteiger charge is 2.47. The maximum atomic E-state index is 13.0. The largest absolute Gasteiger partial charge is 0.491 e. The van der Waals surface area contributed by atoms with Crippen LogP contribution in [0.2, 0.25) is 0 Å². The molecular weight excluding hydrogens is 595 g/mol. The number of nitrogens with one attached hydrogen (secondary N) is 1. The molecule has 244 valence electrons. The molecule has 45 heavy (non-hydrogen) atoms. The van der Waals surface area contributed by atoms with Gasteiger partial charge in [0.2, 0.25) is 0 Å². The second-order valence-corrected chi connectivity index (χ2v) is 11.5. The average molecular weight is 634 g/mol. The van der Waals surface area contributed by atoms with E-state index in [1.807, 2.05) is 35.2 Å². The molecule has 3 N–H and O–H groups in total. The van der Waals surface area contributed by atoms with Gasteiger partial charge in [-0.25, -0.2) is 14.4 Å². The fourth-order valence-electron chi connectivity index (χ4n) is 5.25. The Kier molecular flexibility index (Phi) is 11.2. The number of hydrogen-bond donors (Lipinski definition) is 2. The minimum Gasteiger partial charge on any atom is -0.446 e. The SMILES string of the molecule is CN(CCN1CCC(OC(=O)Nc2ccccc2)CC1)C(=O)c1ccc(CN2CCC(N)(C(=O)OC(=O)C(F)(F)F)CC2)cc1. The molecule has 2 heterocycles. The number of benzene rings is 2. The van der Waals surface area contributed by atoms with Crippen molar-refractivity contribution < 1.29 is 41.8 Å². The summed E-state index contributed by atoms with van der Waals surface area (Å²) in [4.78, 5) is 54.1. The summed E-state index contributed by atoms with van der Waals surface area (Å²) in [5, 5.41) is 2.73. The van der Waals surface area contributed by atoms with E-state index in [9.17, 15) is 32.3 Å². The first-order valence-electron chi connectivity index (χ1n) is 14.8. The van der Waals surface area contributed by atoms with Crippen molar-refractivity contribution in [2.24, 2.45) is 5.73 Å². The highest BCUT2D eigenvalue weighted by atomic mass is 19.4. The van der Waals surface area contributed by atoms with Crippen LogP contribution in [0.1, 0.15) is 41.6 Å². The van der Waals surface area contributed by atoms with Gasteiger partial charge in [0.25, 0.3) is 5.91 Å². The summed E-state index contributed by atoms with van der Waals surface area (Å²) in [5.74, 6) is -4.06. The number of hydrogen-bond acceptors (Lipinski definition) is 9. The number of piperidine rings is 2. The number of alkyl halides is 3. The summed E-state index contributed by atoms with van der Waals surface area (Å²) in [5.41, 5.74) is 6.43. The molecule has 0 saturated carbocycles. The number of likely N-dealkylation sites (tertiary alicyclic amines) is 2. The van der Waals surface area contributed by atoms with E-state index in [1.165, 1.54) is 0 Å². The van der Waals surface area contributed by atoms with Crippen molar-refractivity contribution in [3.63, 3.8) is 0 Å². The second-order valence-electron chi connectivity index (χ2n) is 11.5. The first-order chi connectivity index (χ1) is 21.3. The van der Waals surface area contributed by atoms with E-state index >= 15 is 0 Å². The van der Waals surface area contributed by atoms with Crippen LogP contribution < -0.4 is 11.1 Å². The zero-order valence-electron chi connectivity index (χ0n) is 25.1. The van der Waals surface area contributed by atoms with Crippen LogP contribution in [0.4, 0.5) is 23.7 Å². The van der Waals surface area contributed by atoms with Crippen molar-refractivity contribution in [2.45, 2.75) is 50.0 Å². The number of nitrogens with zero attached hydrogens (tertiary/aromatic N) is 3. The van der Waals surface area contributed by atoms with E-state index in [4.69, 9.17) is 10.5 Å². The molecule has 14 heteroatoms. The number of rotatable bonds is 9. The summed E-state index contributed by atoms with van der Waals surface area (Å²) in [7, 11) is 1.75. The van der Waals surface area contributed by atoms with Crippen LogP contribution in [0.5, 0.6) is 0 Å². The number of carbonyl (C=O) groups is 4. The first kappa shape index (κ1) is 33.9. The highest BCUT2D eigenvalue weighted by molar-refractivity contribution is 5.94. The molecule has 2 aromatic carbocycles. The van der Waals surface area contributed by atoms with Gasteiger partial charge in [-0.3, -0.25) is 15.0 Å². The van der Waals surface area contributed by atoms with Gasteiger partial charge in [0.05, 0.1) is 0 Å². The van der Waals surface area contributed by atoms with E-state index < -0.39 is 29.7 Å². The standard InChI is InChI=1S/C31H38F3N5O6/c1-37(19-20-38-15-11-25(12-16-38)44-29(43)36-24-5-3-2-4-6-24)26(40)23-9-7-22(8-10-23)21-39-17-13-30(35,14-18-39)27(41)45-28(42)31(32,33)34/h2-10,25H,11-21,35H2,1H3,(H,36,43). The predicted octanol–water partition coefficient (Wildman–Crippen LogP) is 3.40. The monoisotopic (exact) mass is 633 g/mol. The Morgan fingerprint density at radius 2 is 1.58 bits per heavy atom. The lowest BCUT2D eigenvalue weighted by Crippen LogP contribution is -2.57. The van der Waals surface area contributed by atoms with Crippen LogP contribution in [0.25, 0.3) is 0 Å². The summed E-state index contributed by atoms with van der Waals surface area (Å²) in [6, 6.07) is 16.3. The van der Waals surface area contributed by atoms with Gasteiger partial charge < -0.3 is 25.0 Å². The van der Waals surface area contributed by atoms with E-state index in [0.29, 0.717) is 56.8 Å². The third-order valence-corrected chi connectivity index (χ3v) is 8.11. The first-order valence-corrected chi connectivity index (χ1v) is 14.8. The van der Waals surface area contributed by atoms with Crippen molar-refractivity contribution in [1.29, 1.82) is 0 Å². The van der Waals surface area contributed by atoms with E-state index in [0.717, 1.165) is 18.7 Å². The number of nitrogens with two attached hydrogens (primary N) is 1. The molecule has 2 saturated heterocycles. The van der Waals surface area contributed by atoms with Crippen LogP contribution in [0, 0.1) is 0 Å². The number of carbonyl (C=O) groups excluding carboxylic acids is 4. The normalized spacial score (nSPS) is 17.7. The van der Waals surface area contributed by atoms with Crippen LogP contribution in [-0.2, 0) is 25.6 Å². The summed E-state index contributed by atoms with van der Waals surface area (Å²) < 4.78 is 46.8. The molecule has 4 rings (SSSR count). The number of ether oxygens (including phenoxy) is 2. The molecule has 0 unspecified atom stereocenters. The lowest BCUT2D eigenvalue weighted by molar-refractivity contribution is -0.204. The van der Waals surface area contributed by atoms with Gasteiger partial charge in [0.15, 0.2) is 0 Å². The van der Waals surface area contributed by atoms with Crippen molar-refractivity contribution in [3.05, 3.63) is 65.7 Å². The van der Waals surface area contributed by atoms with Gasteiger partial charge in [0, 0.05) is 64.1 Å². The van der Waals surface area contributed by atoms with Crippen molar-refractivity contribution in [1.82, 2.24) is 14.7 Å². The lowest BCUT2D eigenvalue weighted by atomic mass is 9.88. The Morgan fingerprint density at radius 3 is 2.18 bits per heavy atom. The zero-order valence-corrected chi connectivity index (χ0v) is 25.1. The molecule has 0 bridgehead atoms. The summed E-state index contributed by atoms with van der Waals surface area (Å²) >= 11 is 0. The molecule has 2 aliphatic heterocycles. The molecule has 2 aromatic rings. The van der Waals surface area contributed by atoms with E-state index in [-0.39, 0.29) is 24.9 Å². The van der Waals surface area contributed by atoms with Gasteiger partial charge in [-0.15, -0.1) is 0 Å². The number of amides is 2. The maximum Gasteiger partial charge on any atom is 0.491 e. The van der Waals surface area contributed by atoms with Crippen molar-refractivity contribution in [3.8, 4) is 0 Å². The molecule has 0 aromatic heterocycles. The smallest absolute Gasteiger partial charge is 0.446 e. The molecule has 2 amide bonds. The lowest BCUT2D eigenvalue weighted by Gasteiger charge is -2.37. The van der Waals surface area contributed by atoms with Crippen molar-refractivity contribution in [2.75, 3.05) is 51.6 Å². The Balaban J connectivity index is 1.15. The highest BCUT2D eigenvalue weighted by Crippen LogP contribution is 2.25. The molecule has 0 spiro atoms. The van der Waals surface area contributed by atoms with Gasteiger partial charge >= 0.3 is 24.2 Å². The zero-order chi connectivity index (χ0) is 32.6.